The minimum Gasteiger partial charge on any atom is -0.497 e. The van der Waals surface area contributed by atoms with E-state index in [4.69, 9.17) is 4.74 Å². The number of hydrogen-bond acceptors (Lipinski definition) is 4. The summed E-state index contributed by atoms with van der Waals surface area (Å²) in [6, 6.07) is 5.46. The van der Waals surface area contributed by atoms with Crippen LogP contribution in [0.2, 0.25) is 0 Å². The SMILES string of the molecule is COc1ccc2c(c1)[C@H](C(=O)N1CCSCC1)CC(=O)N2. The van der Waals surface area contributed by atoms with Crippen LogP contribution in [-0.4, -0.2) is 48.4 Å². The Morgan fingerprint density at radius 1 is 1.38 bits per heavy atom. The van der Waals surface area contributed by atoms with E-state index in [-0.39, 0.29) is 18.2 Å². The van der Waals surface area contributed by atoms with Gasteiger partial charge < -0.3 is 15.0 Å². The van der Waals surface area contributed by atoms with Gasteiger partial charge in [0.2, 0.25) is 11.8 Å². The summed E-state index contributed by atoms with van der Waals surface area (Å²) in [6.07, 6.45) is 0.211. The van der Waals surface area contributed by atoms with Gasteiger partial charge in [-0.2, -0.15) is 11.8 Å². The Labute approximate surface area is 128 Å². The lowest BCUT2D eigenvalue weighted by Gasteiger charge is -2.32. The van der Waals surface area contributed by atoms with Crippen LogP contribution in [-0.2, 0) is 9.59 Å². The van der Waals surface area contributed by atoms with Crippen molar-refractivity contribution in [2.24, 2.45) is 0 Å². The van der Waals surface area contributed by atoms with Gasteiger partial charge in [-0.15, -0.1) is 0 Å². The predicted octanol–water partition coefficient (Wildman–Crippen LogP) is 1.70. The molecule has 2 heterocycles. The van der Waals surface area contributed by atoms with Crippen LogP contribution in [0.3, 0.4) is 0 Å². The first-order chi connectivity index (χ1) is 10.2. The lowest BCUT2D eigenvalue weighted by molar-refractivity contribution is -0.134. The molecule has 0 aromatic heterocycles. The number of rotatable bonds is 2. The molecule has 21 heavy (non-hydrogen) atoms. The number of amides is 2. The van der Waals surface area contributed by atoms with E-state index in [1.54, 1.807) is 19.2 Å². The number of carbonyl (C=O) groups is 2. The Morgan fingerprint density at radius 2 is 2.14 bits per heavy atom. The normalized spacial score (nSPS) is 21.5. The summed E-state index contributed by atoms with van der Waals surface area (Å²) in [5.41, 5.74) is 1.58. The van der Waals surface area contributed by atoms with Crippen molar-refractivity contribution >= 4 is 29.3 Å². The smallest absolute Gasteiger partial charge is 0.230 e. The number of nitrogens with zero attached hydrogens (tertiary/aromatic N) is 1. The average molecular weight is 306 g/mol. The number of nitrogens with one attached hydrogen (secondary N) is 1. The molecule has 1 fully saturated rings. The molecule has 1 saturated heterocycles. The fraction of sp³-hybridized carbons (Fsp3) is 0.467. The minimum atomic E-state index is -0.396. The van der Waals surface area contributed by atoms with Gasteiger partial charge in [-0.05, 0) is 23.8 Å². The molecular weight excluding hydrogens is 288 g/mol. The molecule has 1 aromatic carbocycles. The van der Waals surface area contributed by atoms with Gasteiger partial charge in [0.15, 0.2) is 0 Å². The molecule has 0 unspecified atom stereocenters. The van der Waals surface area contributed by atoms with Gasteiger partial charge >= 0.3 is 0 Å². The zero-order valence-electron chi connectivity index (χ0n) is 11.9. The maximum absolute atomic E-state index is 12.8. The third-order valence-electron chi connectivity index (χ3n) is 3.92. The Hall–Kier alpha value is -1.69. The number of anilines is 1. The average Bonchev–Trinajstić information content (AvgIpc) is 2.53. The molecule has 0 bridgehead atoms. The zero-order chi connectivity index (χ0) is 14.8. The first-order valence-corrected chi connectivity index (χ1v) is 8.19. The van der Waals surface area contributed by atoms with Crippen molar-refractivity contribution in [2.45, 2.75) is 12.3 Å². The van der Waals surface area contributed by atoms with Crippen molar-refractivity contribution in [1.82, 2.24) is 4.90 Å². The van der Waals surface area contributed by atoms with E-state index in [9.17, 15) is 9.59 Å². The summed E-state index contributed by atoms with van der Waals surface area (Å²) < 4.78 is 5.24. The molecule has 0 aliphatic carbocycles. The second-order valence-corrected chi connectivity index (χ2v) is 6.42. The third kappa shape index (κ3) is 2.85. The van der Waals surface area contributed by atoms with E-state index in [1.807, 2.05) is 22.7 Å². The molecule has 5 nitrogen and oxygen atoms in total. The monoisotopic (exact) mass is 306 g/mol. The van der Waals surface area contributed by atoms with Crippen LogP contribution >= 0.6 is 11.8 Å². The maximum Gasteiger partial charge on any atom is 0.230 e. The van der Waals surface area contributed by atoms with Gasteiger partial charge in [-0.25, -0.2) is 0 Å². The largest absolute Gasteiger partial charge is 0.497 e. The highest BCUT2D eigenvalue weighted by Gasteiger charge is 2.34. The molecule has 0 spiro atoms. The molecule has 3 rings (SSSR count). The van der Waals surface area contributed by atoms with Gasteiger partial charge in [-0.3, -0.25) is 9.59 Å². The highest BCUT2D eigenvalue weighted by molar-refractivity contribution is 7.99. The van der Waals surface area contributed by atoms with Gasteiger partial charge in [0.05, 0.1) is 13.0 Å². The van der Waals surface area contributed by atoms with Gasteiger partial charge in [0.25, 0.3) is 0 Å². The van der Waals surface area contributed by atoms with Crippen LogP contribution in [0, 0.1) is 0 Å². The summed E-state index contributed by atoms with van der Waals surface area (Å²) in [7, 11) is 1.60. The van der Waals surface area contributed by atoms with Gasteiger partial charge in [0, 0.05) is 36.7 Å². The molecule has 2 aliphatic heterocycles. The van der Waals surface area contributed by atoms with E-state index in [0.717, 1.165) is 35.8 Å². The Kier molecular flexibility index (Phi) is 4.05. The van der Waals surface area contributed by atoms with Crippen LogP contribution in [0.5, 0.6) is 5.75 Å². The summed E-state index contributed by atoms with van der Waals surface area (Å²) in [5, 5.41) is 2.83. The number of hydrogen-bond donors (Lipinski definition) is 1. The second kappa shape index (κ2) is 5.97. The fourth-order valence-electron chi connectivity index (χ4n) is 2.79. The van der Waals surface area contributed by atoms with Crippen LogP contribution < -0.4 is 10.1 Å². The number of fused-ring (bicyclic) bond motifs is 1. The summed E-state index contributed by atoms with van der Waals surface area (Å²) in [5.74, 6) is 2.20. The van der Waals surface area contributed by atoms with E-state index in [1.165, 1.54) is 0 Å². The Morgan fingerprint density at radius 3 is 2.86 bits per heavy atom. The topological polar surface area (TPSA) is 58.6 Å². The van der Waals surface area contributed by atoms with Crippen molar-refractivity contribution < 1.29 is 14.3 Å². The molecule has 2 amide bonds. The number of carbonyl (C=O) groups excluding carboxylic acids is 2. The third-order valence-corrected chi connectivity index (χ3v) is 4.86. The second-order valence-electron chi connectivity index (χ2n) is 5.20. The van der Waals surface area contributed by atoms with E-state index in [0.29, 0.717) is 5.75 Å². The maximum atomic E-state index is 12.8. The first-order valence-electron chi connectivity index (χ1n) is 7.03. The number of methoxy groups -OCH3 is 1. The van der Waals surface area contributed by atoms with E-state index in [2.05, 4.69) is 5.32 Å². The molecule has 2 aliphatic rings. The standard InChI is InChI=1S/C15H18N2O3S/c1-20-10-2-3-13-11(8-10)12(9-14(18)16-13)15(19)17-4-6-21-7-5-17/h2-3,8,12H,4-7,9H2,1H3,(H,16,18)/t12-/m1/s1. The molecule has 1 aromatic rings. The Balaban J connectivity index is 1.91. The molecule has 6 heteroatoms. The molecule has 0 radical (unpaired) electrons. The van der Waals surface area contributed by atoms with E-state index >= 15 is 0 Å². The van der Waals surface area contributed by atoms with Crippen molar-refractivity contribution in [3.63, 3.8) is 0 Å². The molecule has 0 saturated carbocycles. The van der Waals surface area contributed by atoms with E-state index < -0.39 is 5.92 Å². The quantitative estimate of drug-likeness (QED) is 0.903. The number of thioether (sulfide) groups is 1. The van der Waals surface area contributed by atoms with Gasteiger partial charge in [-0.1, -0.05) is 0 Å². The minimum absolute atomic E-state index is 0.0552. The molecular formula is C15H18N2O3S. The Bertz CT molecular complexity index is 570. The highest BCUT2D eigenvalue weighted by Crippen LogP contribution is 2.36. The fourth-order valence-corrected chi connectivity index (χ4v) is 3.69. The summed E-state index contributed by atoms with van der Waals surface area (Å²) in [6.45, 7) is 1.53. The molecule has 112 valence electrons. The van der Waals surface area contributed by atoms with Crippen LogP contribution in [0.1, 0.15) is 17.9 Å². The van der Waals surface area contributed by atoms with Crippen molar-refractivity contribution in [2.75, 3.05) is 37.0 Å². The number of ether oxygens (including phenoxy) is 1. The van der Waals surface area contributed by atoms with Crippen LogP contribution in [0.25, 0.3) is 0 Å². The number of benzene rings is 1. The van der Waals surface area contributed by atoms with Crippen molar-refractivity contribution in [1.29, 1.82) is 0 Å². The first kappa shape index (κ1) is 14.3. The van der Waals surface area contributed by atoms with Crippen LogP contribution in [0.4, 0.5) is 5.69 Å². The highest BCUT2D eigenvalue weighted by atomic mass is 32.2. The summed E-state index contributed by atoms with van der Waals surface area (Å²) in [4.78, 5) is 26.5. The molecule has 1 atom stereocenters. The van der Waals surface area contributed by atoms with Crippen LogP contribution in [0.15, 0.2) is 18.2 Å². The molecule has 1 N–H and O–H groups in total. The van der Waals surface area contributed by atoms with Crippen molar-refractivity contribution in [3.8, 4) is 5.75 Å². The lowest BCUT2D eigenvalue weighted by Crippen LogP contribution is -2.42. The predicted molar refractivity (Wildman–Crippen MR) is 82.9 cm³/mol. The zero-order valence-corrected chi connectivity index (χ0v) is 12.7. The summed E-state index contributed by atoms with van der Waals surface area (Å²) >= 11 is 1.86. The van der Waals surface area contributed by atoms with Crippen molar-refractivity contribution in [3.05, 3.63) is 23.8 Å². The van der Waals surface area contributed by atoms with Gasteiger partial charge in [0.1, 0.15) is 5.75 Å². The lowest BCUT2D eigenvalue weighted by atomic mass is 9.89.